The molecule has 0 unspecified atom stereocenters. The third kappa shape index (κ3) is 4.03. The SMILES string of the molecule is CCOc1ccc(N2C(=O)S/C(=C\c3ccc(C(=O)OC)cc3)C2=O)cc1. The smallest absolute Gasteiger partial charge is 0.337 e. The summed E-state index contributed by atoms with van der Waals surface area (Å²) in [6.45, 7) is 2.42. The minimum Gasteiger partial charge on any atom is -0.494 e. The summed E-state index contributed by atoms with van der Waals surface area (Å²) < 4.78 is 10.0. The highest BCUT2D eigenvalue weighted by molar-refractivity contribution is 8.19. The molecule has 0 aliphatic carbocycles. The molecule has 1 saturated heterocycles. The van der Waals surface area contributed by atoms with Crippen molar-refractivity contribution in [3.63, 3.8) is 0 Å². The molecule has 0 atom stereocenters. The summed E-state index contributed by atoms with van der Waals surface area (Å²) in [5.74, 6) is -0.141. The number of nitrogens with zero attached hydrogens (tertiary/aromatic N) is 1. The zero-order valence-electron chi connectivity index (χ0n) is 14.8. The van der Waals surface area contributed by atoms with Crippen LogP contribution in [0.4, 0.5) is 10.5 Å². The molecule has 0 N–H and O–H groups in total. The van der Waals surface area contributed by atoms with E-state index in [-0.39, 0.29) is 11.1 Å². The van der Waals surface area contributed by atoms with Crippen molar-refractivity contribution in [2.24, 2.45) is 0 Å². The normalized spacial score (nSPS) is 15.3. The molecule has 6 nitrogen and oxygen atoms in total. The Morgan fingerprint density at radius 3 is 2.33 bits per heavy atom. The van der Waals surface area contributed by atoms with E-state index in [1.165, 1.54) is 7.11 Å². The van der Waals surface area contributed by atoms with Gasteiger partial charge in [-0.15, -0.1) is 0 Å². The number of esters is 1. The standard InChI is InChI=1S/C20H17NO5S/c1-3-26-16-10-8-15(9-11-16)21-18(22)17(27-20(21)24)12-13-4-6-14(7-5-13)19(23)25-2/h4-12H,3H2,1-2H3/b17-12-. The molecule has 1 aliphatic heterocycles. The Bertz CT molecular complexity index is 903. The van der Waals surface area contributed by atoms with E-state index in [2.05, 4.69) is 4.74 Å². The Morgan fingerprint density at radius 2 is 1.74 bits per heavy atom. The van der Waals surface area contributed by atoms with E-state index in [0.29, 0.717) is 34.1 Å². The monoisotopic (exact) mass is 383 g/mol. The molecule has 0 bridgehead atoms. The van der Waals surface area contributed by atoms with E-state index in [0.717, 1.165) is 16.7 Å². The van der Waals surface area contributed by atoms with Gasteiger partial charge < -0.3 is 9.47 Å². The number of imide groups is 1. The van der Waals surface area contributed by atoms with Crippen LogP contribution in [0.5, 0.6) is 5.75 Å². The number of thioether (sulfide) groups is 1. The van der Waals surface area contributed by atoms with Crippen LogP contribution in [0, 0.1) is 0 Å². The summed E-state index contributed by atoms with van der Waals surface area (Å²) in [5.41, 5.74) is 1.61. The lowest BCUT2D eigenvalue weighted by atomic mass is 10.1. The number of benzene rings is 2. The van der Waals surface area contributed by atoms with Gasteiger partial charge in [0.05, 0.1) is 29.9 Å². The van der Waals surface area contributed by atoms with E-state index in [1.807, 2.05) is 6.92 Å². The van der Waals surface area contributed by atoms with Crippen LogP contribution in [0.25, 0.3) is 6.08 Å². The van der Waals surface area contributed by atoms with E-state index in [1.54, 1.807) is 54.6 Å². The average molecular weight is 383 g/mol. The highest BCUT2D eigenvalue weighted by Crippen LogP contribution is 2.36. The van der Waals surface area contributed by atoms with Crippen molar-refractivity contribution in [1.82, 2.24) is 0 Å². The highest BCUT2D eigenvalue weighted by atomic mass is 32.2. The maximum Gasteiger partial charge on any atom is 0.337 e. The summed E-state index contributed by atoms with van der Waals surface area (Å²) in [6, 6.07) is 13.4. The number of ether oxygens (including phenoxy) is 2. The molecule has 3 rings (SSSR count). The van der Waals surface area contributed by atoms with Crippen LogP contribution in [0.1, 0.15) is 22.8 Å². The Hall–Kier alpha value is -3.06. The van der Waals surface area contributed by atoms with Crippen molar-refractivity contribution in [3.8, 4) is 5.75 Å². The number of hydrogen-bond acceptors (Lipinski definition) is 6. The van der Waals surface area contributed by atoms with Gasteiger partial charge >= 0.3 is 5.97 Å². The molecule has 2 aromatic carbocycles. The van der Waals surface area contributed by atoms with Crippen LogP contribution in [0.3, 0.4) is 0 Å². The lowest BCUT2D eigenvalue weighted by Gasteiger charge is -2.13. The van der Waals surface area contributed by atoms with Gasteiger partial charge in [-0.1, -0.05) is 12.1 Å². The first-order valence-corrected chi connectivity index (χ1v) is 9.04. The number of carbonyl (C=O) groups excluding carboxylic acids is 3. The zero-order chi connectivity index (χ0) is 19.4. The van der Waals surface area contributed by atoms with Crippen LogP contribution in [-0.2, 0) is 9.53 Å². The maximum absolute atomic E-state index is 12.7. The quantitative estimate of drug-likeness (QED) is 0.571. The molecule has 0 aromatic heterocycles. The van der Waals surface area contributed by atoms with Crippen LogP contribution < -0.4 is 9.64 Å². The van der Waals surface area contributed by atoms with Crippen molar-refractivity contribution in [3.05, 3.63) is 64.6 Å². The molecule has 27 heavy (non-hydrogen) atoms. The summed E-state index contributed by atoms with van der Waals surface area (Å²) >= 11 is 0.877. The third-order valence-corrected chi connectivity index (χ3v) is 4.70. The molecule has 2 amide bonds. The first-order valence-electron chi connectivity index (χ1n) is 8.22. The molecule has 1 aliphatic rings. The minimum atomic E-state index is -0.433. The molecule has 7 heteroatoms. The predicted molar refractivity (Wildman–Crippen MR) is 104 cm³/mol. The minimum absolute atomic E-state index is 0.319. The van der Waals surface area contributed by atoms with Gasteiger partial charge in [-0.25, -0.2) is 9.69 Å². The van der Waals surface area contributed by atoms with Crippen LogP contribution >= 0.6 is 11.8 Å². The van der Waals surface area contributed by atoms with Gasteiger partial charge in [0.2, 0.25) is 0 Å². The van der Waals surface area contributed by atoms with Crippen LogP contribution in [-0.4, -0.2) is 30.8 Å². The number of rotatable bonds is 5. The van der Waals surface area contributed by atoms with Crippen molar-refractivity contribution in [2.45, 2.75) is 6.92 Å². The number of carbonyl (C=O) groups is 3. The zero-order valence-corrected chi connectivity index (χ0v) is 15.6. The second-order valence-corrected chi connectivity index (χ2v) is 6.55. The van der Waals surface area contributed by atoms with Gasteiger partial charge in [0, 0.05) is 0 Å². The molecule has 2 aromatic rings. The number of amides is 2. The van der Waals surface area contributed by atoms with Crippen molar-refractivity contribution in [1.29, 1.82) is 0 Å². The van der Waals surface area contributed by atoms with Gasteiger partial charge in [0.25, 0.3) is 11.1 Å². The molecule has 1 fully saturated rings. The first-order chi connectivity index (χ1) is 13.0. The predicted octanol–water partition coefficient (Wildman–Crippen LogP) is 4.11. The molecule has 0 saturated carbocycles. The largest absolute Gasteiger partial charge is 0.494 e. The molecular formula is C20H17NO5S. The Morgan fingerprint density at radius 1 is 1.07 bits per heavy atom. The van der Waals surface area contributed by atoms with E-state index >= 15 is 0 Å². The van der Waals surface area contributed by atoms with Crippen LogP contribution in [0.15, 0.2) is 53.4 Å². The molecule has 0 radical (unpaired) electrons. The second-order valence-electron chi connectivity index (χ2n) is 5.56. The highest BCUT2D eigenvalue weighted by Gasteiger charge is 2.36. The molecule has 1 heterocycles. The maximum atomic E-state index is 12.7. The average Bonchev–Trinajstić information content (AvgIpc) is 2.96. The Labute approximate surface area is 160 Å². The van der Waals surface area contributed by atoms with E-state index in [4.69, 9.17) is 4.74 Å². The summed E-state index contributed by atoms with van der Waals surface area (Å²) in [7, 11) is 1.31. The van der Waals surface area contributed by atoms with Gasteiger partial charge in [0.15, 0.2) is 0 Å². The van der Waals surface area contributed by atoms with E-state index < -0.39 is 5.97 Å². The Balaban J connectivity index is 1.80. The van der Waals surface area contributed by atoms with Gasteiger partial charge in [-0.2, -0.15) is 0 Å². The topological polar surface area (TPSA) is 72.9 Å². The summed E-state index contributed by atoms with van der Waals surface area (Å²) in [6.07, 6.45) is 1.63. The third-order valence-electron chi connectivity index (χ3n) is 3.83. The van der Waals surface area contributed by atoms with Crippen molar-refractivity contribution < 1.29 is 23.9 Å². The number of hydrogen-bond donors (Lipinski definition) is 0. The fraction of sp³-hybridized carbons (Fsp3) is 0.150. The van der Waals surface area contributed by atoms with Gasteiger partial charge in [-0.05, 0) is 66.7 Å². The fourth-order valence-electron chi connectivity index (χ4n) is 2.53. The van der Waals surface area contributed by atoms with E-state index in [9.17, 15) is 14.4 Å². The fourth-order valence-corrected chi connectivity index (χ4v) is 3.37. The lowest BCUT2D eigenvalue weighted by Crippen LogP contribution is -2.27. The Kier molecular flexibility index (Phi) is 5.61. The molecule has 0 spiro atoms. The molecule has 138 valence electrons. The second kappa shape index (κ2) is 8.09. The van der Waals surface area contributed by atoms with Crippen molar-refractivity contribution in [2.75, 3.05) is 18.6 Å². The van der Waals surface area contributed by atoms with Gasteiger partial charge in [-0.3, -0.25) is 9.59 Å². The summed E-state index contributed by atoms with van der Waals surface area (Å²) in [4.78, 5) is 37.9. The van der Waals surface area contributed by atoms with Crippen LogP contribution in [0.2, 0.25) is 0 Å². The number of anilines is 1. The van der Waals surface area contributed by atoms with Crippen molar-refractivity contribution >= 4 is 40.6 Å². The number of methoxy groups -OCH3 is 1. The lowest BCUT2D eigenvalue weighted by molar-refractivity contribution is -0.113. The summed E-state index contributed by atoms with van der Waals surface area (Å²) in [5, 5.41) is -0.360. The molecular weight excluding hydrogens is 366 g/mol. The first kappa shape index (κ1) is 18.7. The van der Waals surface area contributed by atoms with Gasteiger partial charge in [0.1, 0.15) is 5.75 Å².